The minimum atomic E-state index is -0.151. The summed E-state index contributed by atoms with van der Waals surface area (Å²) in [6, 6.07) is 0. The molecule has 156 valence electrons. The summed E-state index contributed by atoms with van der Waals surface area (Å²) in [5.74, 6) is 0.733. The lowest BCUT2D eigenvalue weighted by Gasteiger charge is -2.05. The first-order chi connectivity index (χ1) is 12.6. The maximum absolute atomic E-state index is 10.6. The zero-order chi connectivity index (χ0) is 19.3. The topological polar surface area (TPSA) is 43.1 Å². The monoisotopic (exact) mass is 367 g/mol. The molecule has 0 rings (SSSR count). The van der Waals surface area contributed by atoms with Crippen molar-refractivity contribution in [3.05, 3.63) is 0 Å². The molecule has 2 heteroatoms. The number of amides is 1. The fraction of sp³-hybridized carbons (Fsp3) is 0.958. The van der Waals surface area contributed by atoms with Gasteiger partial charge in [-0.05, 0) is 12.3 Å². The van der Waals surface area contributed by atoms with E-state index in [1.807, 2.05) is 0 Å². The second-order valence-electron chi connectivity index (χ2n) is 8.76. The molecule has 0 aliphatic heterocycles. The Hall–Kier alpha value is -0.530. The molecule has 0 aromatic heterocycles. The summed E-state index contributed by atoms with van der Waals surface area (Å²) in [6.07, 6.45) is 26.8. The molecular formula is C24H49NO. The minimum absolute atomic E-state index is 0.151. The van der Waals surface area contributed by atoms with E-state index in [1.165, 1.54) is 116 Å². The van der Waals surface area contributed by atoms with Crippen LogP contribution < -0.4 is 5.73 Å². The van der Waals surface area contributed by atoms with E-state index in [-0.39, 0.29) is 5.91 Å². The van der Waals surface area contributed by atoms with E-state index in [2.05, 4.69) is 13.8 Å². The Morgan fingerprint density at radius 2 is 0.808 bits per heavy atom. The lowest BCUT2D eigenvalue weighted by Crippen LogP contribution is -2.09. The Balaban J connectivity index is 3.00. The van der Waals surface area contributed by atoms with Gasteiger partial charge in [-0.2, -0.15) is 0 Å². The predicted molar refractivity (Wildman–Crippen MR) is 116 cm³/mol. The standard InChI is InChI=1S/C24H49NO/c1-23(2)21-19-17-15-13-11-9-7-5-3-4-6-8-10-12-14-16-18-20-22-24(25)26/h23H,3-22H2,1-2H3,(H2,25,26). The Morgan fingerprint density at radius 3 is 1.08 bits per heavy atom. The van der Waals surface area contributed by atoms with E-state index in [0.717, 1.165) is 12.3 Å². The number of carbonyl (C=O) groups is 1. The van der Waals surface area contributed by atoms with Gasteiger partial charge in [-0.25, -0.2) is 0 Å². The summed E-state index contributed by atoms with van der Waals surface area (Å²) in [4.78, 5) is 10.6. The molecule has 0 atom stereocenters. The van der Waals surface area contributed by atoms with Crippen LogP contribution in [0.5, 0.6) is 0 Å². The summed E-state index contributed by atoms with van der Waals surface area (Å²) in [5, 5.41) is 0. The predicted octanol–water partition coefficient (Wildman–Crippen LogP) is 7.93. The number of carbonyl (C=O) groups excluding carboxylic acids is 1. The van der Waals surface area contributed by atoms with Crippen LogP contribution >= 0.6 is 0 Å². The molecular weight excluding hydrogens is 318 g/mol. The SMILES string of the molecule is CC(C)CCCCCCCCCCCCCCCCCCCCC(N)=O. The highest BCUT2D eigenvalue weighted by atomic mass is 16.1. The van der Waals surface area contributed by atoms with Gasteiger partial charge in [-0.1, -0.05) is 129 Å². The Labute approximate surface area is 165 Å². The Kier molecular flexibility index (Phi) is 20.4. The molecule has 1 amide bonds. The first-order valence-corrected chi connectivity index (χ1v) is 11.9. The van der Waals surface area contributed by atoms with Crippen LogP contribution in [-0.4, -0.2) is 5.91 Å². The van der Waals surface area contributed by atoms with Crippen LogP contribution in [0, 0.1) is 5.92 Å². The van der Waals surface area contributed by atoms with Gasteiger partial charge in [-0.15, -0.1) is 0 Å². The van der Waals surface area contributed by atoms with Crippen molar-refractivity contribution in [2.45, 2.75) is 142 Å². The number of nitrogens with two attached hydrogens (primary N) is 1. The van der Waals surface area contributed by atoms with Crippen molar-refractivity contribution in [3.8, 4) is 0 Å². The van der Waals surface area contributed by atoms with Crippen LogP contribution in [0.25, 0.3) is 0 Å². The average Bonchev–Trinajstić information content (AvgIpc) is 2.59. The van der Waals surface area contributed by atoms with Gasteiger partial charge in [0.2, 0.25) is 5.91 Å². The van der Waals surface area contributed by atoms with E-state index in [9.17, 15) is 4.79 Å². The fourth-order valence-corrected chi connectivity index (χ4v) is 3.68. The van der Waals surface area contributed by atoms with Gasteiger partial charge in [0.25, 0.3) is 0 Å². The third-order valence-corrected chi connectivity index (χ3v) is 5.45. The molecule has 0 aromatic rings. The summed E-state index contributed by atoms with van der Waals surface area (Å²) < 4.78 is 0. The third kappa shape index (κ3) is 23.5. The molecule has 0 saturated heterocycles. The highest BCUT2D eigenvalue weighted by molar-refractivity contribution is 5.73. The van der Waals surface area contributed by atoms with Crippen molar-refractivity contribution in [2.75, 3.05) is 0 Å². The van der Waals surface area contributed by atoms with Gasteiger partial charge in [0.15, 0.2) is 0 Å². The Morgan fingerprint density at radius 1 is 0.538 bits per heavy atom. The normalized spacial score (nSPS) is 11.3. The highest BCUT2D eigenvalue weighted by Gasteiger charge is 1.97. The first-order valence-electron chi connectivity index (χ1n) is 11.9. The van der Waals surface area contributed by atoms with Crippen molar-refractivity contribution >= 4 is 5.91 Å². The lowest BCUT2D eigenvalue weighted by molar-refractivity contribution is -0.118. The fourth-order valence-electron chi connectivity index (χ4n) is 3.68. The summed E-state index contributed by atoms with van der Waals surface area (Å²) in [5.41, 5.74) is 5.14. The average molecular weight is 368 g/mol. The molecule has 0 fully saturated rings. The van der Waals surface area contributed by atoms with E-state index >= 15 is 0 Å². The summed E-state index contributed by atoms with van der Waals surface area (Å²) >= 11 is 0. The van der Waals surface area contributed by atoms with Gasteiger partial charge in [-0.3, -0.25) is 4.79 Å². The molecule has 0 bridgehead atoms. The summed E-state index contributed by atoms with van der Waals surface area (Å²) in [6.45, 7) is 4.66. The van der Waals surface area contributed by atoms with Crippen molar-refractivity contribution < 1.29 is 4.79 Å². The molecule has 2 nitrogen and oxygen atoms in total. The number of primary amides is 1. The smallest absolute Gasteiger partial charge is 0.217 e. The molecule has 0 aliphatic carbocycles. The zero-order valence-corrected chi connectivity index (χ0v) is 18.2. The maximum Gasteiger partial charge on any atom is 0.217 e. The van der Waals surface area contributed by atoms with Crippen molar-refractivity contribution in [2.24, 2.45) is 11.7 Å². The van der Waals surface area contributed by atoms with E-state index in [4.69, 9.17) is 5.73 Å². The molecule has 0 spiro atoms. The molecule has 0 radical (unpaired) electrons. The molecule has 2 N–H and O–H groups in total. The molecule has 0 heterocycles. The quantitative estimate of drug-likeness (QED) is 0.206. The second kappa shape index (κ2) is 20.8. The Bertz CT molecular complexity index is 288. The van der Waals surface area contributed by atoms with Gasteiger partial charge in [0.05, 0.1) is 0 Å². The van der Waals surface area contributed by atoms with Crippen LogP contribution in [0.1, 0.15) is 142 Å². The molecule has 26 heavy (non-hydrogen) atoms. The molecule has 0 aromatic carbocycles. The van der Waals surface area contributed by atoms with Crippen molar-refractivity contribution in [1.29, 1.82) is 0 Å². The number of rotatable bonds is 21. The third-order valence-electron chi connectivity index (χ3n) is 5.45. The second-order valence-corrected chi connectivity index (χ2v) is 8.76. The summed E-state index contributed by atoms with van der Waals surface area (Å²) in [7, 11) is 0. The number of unbranched alkanes of at least 4 members (excludes halogenated alkanes) is 17. The van der Waals surface area contributed by atoms with Crippen LogP contribution in [0.2, 0.25) is 0 Å². The van der Waals surface area contributed by atoms with Crippen LogP contribution in [0.4, 0.5) is 0 Å². The highest BCUT2D eigenvalue weighted by Crippen LogP contribution is 2.15. The van der Waals surface area contributed by atoms with E-state index in [0.29, 0.717) is 6.42 Å². The van der Waals surface area contributed by atoms with Crippen molar-refractivity contribution in [1.82, 2.24) is 0 Å². The van der Waals surface area contributed by atoms with Crippen LogP contribution in [-0.2, 0) is 4.79 Å². The van der Waals surface area contributed by atoms with Crippen molar-refractivity contribution in [3.63, 3.8) is 0 Å². The van der Waals surface area contributed by atoms with Crippen LogP contribution in [0.15, 0.2) is 0 Å². The largest absolute Gasteiger partial charge is 0.370 e. The van der Waals surface area contributed by atoms with Gasteiger partial charge in [0.1, 0.15) is 0 Å². The molecule has 0 aliphatic rings. The zero-order valence-electron chi connectivity index (χ0n) is 18.2. The first kappa shape index (κ1) is 25.5. The van der Waals surface area contributed by atoms with E-state index < -0.39 is 0 Å². The molecule has 0 saturated carbocycles. The maximum atomic E-state index is 10.6. The number of hydrogen-bond donors (Lipinski definition) is 1. The molecule has 0 unspecified atom stereocenters. The van der Waals surface area contributed by atoms with Gasteiger partial charge in [0, 0.05) is 6.42 Å². The van der Waals surface area contributed by atoms with Crippen LogP contribution in [0.3, 0.4) is 0 Å². The van der Waals surface area contributed by atoms with E-state index in [1.54, 1.807) is 0 Å². The number of hydrogen-bond acceptors (Lipinski definition) is 1. The minimum Gasteiger partial charge on any atom is -0.370 e. The van der Waals surface area contributed by atoms with Gasteiger partial charge >= 0.3 is 0 Å². The lowest BCUT2D eigenvalue weighted by atomic mass is 10.0. The van der Waals surface area contributed by atoms with Gasteiger partial charge < -0.3 is 5.73 Å².